The summed E-state index contributed by atoms with van der Waals surface area (Å²) < 4.78 is 6.09. The van der Waals surface area contributed by atoms with Gasteiger partial charge in [0.1, 0.15) is 21.4 Å². The molecule has 2 rings (SSSR count). The molecule has 1 N–H and O–H groups in total. The number of nitrogens with zero attached hydrogens (tertiary/aromatic N) is 1. The predicted molar refractivity (Wildman–Crippen MR) is 67.9 cm³/mol. The molecule has 2 heterocycles. The lowest BCUT2D eigenvalue weighted by molar-refractivity contribution is 0.212. The SMILES string of the molecule is [B]C1([B])NCc2cncc(Br)c2OC1([B])[B]. The molecule has 72 valence electrons. The normalized spacial score (nSPS) is 21.6. The van der Waals surface area contributed by atoms with E-state index >= 15 is 0 Å². The fraction of sp³-hybridized carbons (Fsp3) is 0.375. The Balaban J connectivity index is 2.49. The molecule has 1 aliphatic rings. The van der Waals surface area contributed by atoms with Gasteiger partial charge in [0.05, 0.1) is 20.2 Å². The van der Waals surface area contributed by atoms with Crippen molar-refractivity contribution < 1.29 is 4.74 Å². The van der Waals surface area contributed by atoms with Crippen LogP contribution in [0.1, 0.15) is 5.56 Å². The molecule has 1 aromatic rings. The molecule has 16 heavy (non-hydrogen) atoms. The topological polar surface area (TPSA) is 34.2 Å². The molecule has 3 nitrogen and oxygen atoms in total. The van der Waals surface area contributed by atoms with E-state index in [1.165, 1.54) is 0 Å². The van der Waals surface area contributed by atoms with Crippen molar-refractivity contribution >= 4 is 47.3 Å². The molecular formula is C8H5B4BrN2O. The molecule has 0 atom stereocenters. The highest BCUT2D eigenvalue weighted by Gasteiger charge is 2.39. The van der Waals surface area contributed by atoms with Gasteiger partial charge in [0.15, 0.2) is 0 Å². The standard InChI is InChI=1S/C8H5B4BrN2O/c9-7(10)8(11,12)16-6-4(2-15-7)1-14-3-5(6)13/h1,3,15H,2H2. The maximum absolute atomic E-state index is 5.74. The van der Waals surface area contributed by atoms with Gasteiger partial charge in [0.25, 0.3) is 0 Å². The Morgan fingerprint density at radius 3 is 2.69 bits per heavy atom. The van der Waals surface area contributed by atoms with E-state index < -0.39 is 10.7 Å². The van der Waals surface area contributed by atoms with Gasteiger partial charge in [-0.15, -0.1) is 0 Å². The lowest BCUT2D eigenvalue weighted by atomic mass is 9.40. The average Bonchev–Trinajstić information content (AvgIpc) is 2.26. The molecule has 0 saturated carbocycles. The van der Waals surface area contributed by atoms with Crippen LogP contribution in [0.5, 0.6) is 5.75 Å². The van der Waals surface area contributed by atoms with E-state index in [1.54, 1.807) is 12.4 Å². The third-order valence-corrected chi connectivity index (χ3v) is 2.98. The van der Waals surface area contributed by atoms with Crippen molar-refractivity contribution in [2.24, 2.45) is 0 Å². The highest BCUT2D eigenvalue weighted by atomic mass is 79.9. The van der Waals surface area contributed by atoms with Gasteiger partial charge in [-0.25, -0.2) is 0 Å². The number of rotatable bonds is 0. The van der Waals surface area contributed by atoms with Crippen LogP contribution in [0.15, 0.2) is 16.9 Å². The van der Waals surface area contributed by atoms with Gasteiger partial charge in [-0.05, 0) is 21.3 Å². The van der Waals surface area contributed by atoms with Crippen molar-refractivity contribution in [2.45, 2.75) is 17.3 Å². The van der Waals surface area contributed by atoms with Gasteiger partial charge in [-0.3, -0.25) is 4.98 Å². The largest absolute Gasteiger partial charge is 0.505 e. The van der Waals surface area contributed by atoms with E-state index in [1.807, 2.05) is 0 Å². The zero-order valence-electron chi connectivity index (χ0n) is 8.40. The zero-order chi connectivity index (χ0) is 12.0. The zero-order valence-corrected chi connectivity index (χ0v) is 9.99. The summed E-state index contributed by atoms with van der Waals surface area (Å²) in [6.07, 6.45) is 3.21. The molecule has 0 amide bonds. The second kappa shape index (κ2) is 3.84. The first-order chi connectivity index (χ1) is 7.33. The lowest BCUT2D eigenvalue weighted by Gasteiger charge is -2.43. The number of hydrogen-bond donors (Lipinski definition) is 1. The second-order valence-corrected chi connectivity index (χ2v) is 4.58. The Hall–Kier alpha value is -0.350. The minimum absolute atomic E-state index is 0.366. The minimum atomic E-state index is -1.72. The molecule has 0 bridgehead atoms. The fourth-order valence-electron chi connectivity index (χ4n) is 1.34. The maximum Gasteiger partial charge on any atom is 0.139 e. The van der Waals surface area contributed by atoms with Crippen LogP contribution in [0.4, 0.5) is 0 Å². The van der Waals surface area contributed by atoms with Crippen LogP contribution in [-0.4, -0.2) is 47.1 Å². The quantitative estimate of drug-likeness (QED) is 0.632. The van der Waals surface area contributed by atoms with Crippen LogP contribution >= 0.6 is 15.9 Å². The van der Waals surface area contributed by atoms with Gasteiger partial charge in [0.2, 0.25) is 0 Å². The van der Waals surface area contributed by atoms with Crippen LogP contribution in [0.3, 0.4) is 0 Å². The van der Waals surface area contributed by atoms with Crippen molar-refractivity contribution in [1.82, 2.24) is 10.3 Å². The third-order valence-electron chi connectivity index (χ3n) is 2.42. The summed E-state index contributed by atoms with van der Waals surface area (Å²) in [7, 11) is 23.0. The molecular weight excluding hydrogens is 263 g/mol. The number of aromatic nitrogens is 1. The molecule has 0 fully saturated rings. The molecule has 0 aliphatic carbocycles. The number of ether oxygens (including phenoxy) is 1. The van der Waals surface area contributed by atoms with Gasteiger partial charge in [-0.1, -0.05) is 0 Å². The molecule has 0 saturated heterocycles. The van der Waals surface area contributed by atoms with Gasteiger partial charge in [0, 0.05) is 29.9 Å². The van der Waals surface area contributed by atoms with Crippen LogP contribution in [-0.2, 0) is 6.54 Å². The Morgan fingerprint density at radius 1 is 1.31 bits per heavy atom. The Bertz CT molecular complexity index is 426. The van der Waals surface area contributed by atoms with Crippen molar-refractivity contribution in [2.75, 3.05) is 0 Å². The van der Waals surface area contributed by atoms with E-state index in [9.17, 15) is 0 Å². The summed E-state index contributed by atoms with van der Waals surface area (Å²) in [4.78, 5) is 4.00. The van der Waals surface area contributed by atoms with E-state index in [0.29, 0.717) is 16.8 Å². The molecule has 0 unspecified atom stereocenters. The first kappa shape index (κ1) is 12.1. The minimum Gasteiger partial charge on any atom is -0.505 e. The smallest absolute Gasteiger partial charge is 0.139 e. The van der Waals surface area contributed by atoms with Crippen LogP contribution in [0, 0.1) is 0 Å². The van der Waals surface area contributed by atoms with Crippen molar-refractivity contribution in [3.63, 3.8) is 0 Å². The highest BCUT2D eigenvalue weighted by molar-refractivity contribution is 9.10. The summed E-state index contributed by atoms with van der Waals surface area (Å²) >= 11 is 3.30. The first-order valence-corrected chi connectivity index (χ1v) is 5.35. The van der Waals surface area contributed by atoms with Gasteiger partial charge in [-0.2, -0.15) is 0 Å². The van der Waals surface area contributed by atoms with Crippen molar-refractivity contribution in [3.8, 4) is 5.75 Å². The number of hydrogen-bond acceptors (Lipinski definition) is 3. The Morgan fingerprint density at radius 2 is 2.00 bits per heavy atom. The molecule has 1 aromatic heterocycles. The van der Waals surface area contributed by atoms with Crippen molar-refractivity contribution in [3.05, 3.63) is 22.4 Å². The average molecular weight is 268 g/mol. The fourth-order valence-corrected chi connectivity index (χ4v) is 1.79. The second-order valence-electron chi connectivity index (χ2n) is 3.73. The van der Waals surface area contributed by atoms with Crippen LogP contribution < -0.4 is 10.1 Å². The van der Waals surface area contributed by atoms with Gasteiger partial charge >= 0.3 is 0 Å². The molecule has 8 heteroatoms. The van der Waals surface area contributed by atoms with E-state index in [4.69, 9.17) is 36.1 Å². The third kappa shape index (κ3) is 1.93. The highest BCUT2D eigenvalue weighted by Crippen LogP contribution is 2.34. The number of nitrogens with one attached hydrogen (secondary N) is 1. The van der Waals surface area contributed by atoms with Crippen LogP contribution in [0.25, 0.3) is 0 Å². The summed E-state index contributed by atoms with van der Waals surface area (Å²) in [5.41, 5.74) is 0.771. The molecule has 8 radical (unpaired) electrons. The summed E-state index contributed by atoms with van der Waals surface area (Å²) in [6.45, 7) is 0.366. The first-order valence-electron chi connectivity index (χ1n) is 4.55. The number of pyridine rings is 1. The van der Waals surface area contributed by atoms with E-state index in [0.717, 1.165) is 5.56 Å². The predicted octanol–water partition coefficient (Wildman–Crippen LogP) is -0.692. The molecule has 1 aliphatic heterocycles. The lowest BCUT2D eigenvalue weighted by Crippen LogP contribution is -2.66. The van der Waals surface area contributed by atoms with E-state index in [2.05, 4.69) is 26.2 Å². The number of fused-ring (bicyclic) bond motifs is 1. The molecule has 0 spiro atoms. The monoisotopic (exact) mass is 268 g/mol. The van der Waals surface area contributed by atoms with Crippen LogP contribution in [0.2, 0.25) is 0 Å². The van der Waals surface area contributed by atoms with Crippen molar-refractivity contribution in [1.29, 1.82) is 0 Å². The number of halogens is 1. The summed E-state index contributed by atoms with van der Waals surface area (Å²) in [6, 6.07) is 0. The Labute approximate surface area is 108 Å². The van der Waals surface area contributed by atoms with Gasteiger partial charge < -0.3 is 10.1 Å². The summed E-state index contributed by atoms with van der Waals surface area (Å²) in [5.74, 6) is 0.491. The summed E-state index contributed by atoms with van der Waals surface area (Å²) in [5, 5.41) is -0.442. The Kier molecular flexibility index (Phi) is 2.91. The maximum atomic E-state index is 5.74. The molecule has 0 aromatic carbocycles. The van der Waals surface area contributed by atoms with E-state index in [-0.39, 0.29) is 0 Å².